The first-order valence-corrected chi connectivity index (χ1v) is 7.87. The Labute approximate surface area is 126 Å². The summed E-state index contributed by atoms with van der Waals surface area (Å²) in [6, 6.07) is 8.17. The number of amides is 1. The lowest BCUT2D eigenvalue weighted by Crippen LogP contribution is -2.47. The van der Waals surface area contributed by atoms with Crippen molar-refractivity contribution in [1.82, 2.24) is 10.2 Å². The van der Waals surface area contributed by atoms with Crippen molar-refractivity contribution in [3.63, 3.8) is 0 Å². The third-order valence-electron chi connectivity index (χ3n) is 4.43. The Balaban J connectivity index is 1.44. The van der Waals surface area contributed by atoms with E-state index in [1.807, 2.05) is 12.1 Å². The van der Waals surface area contributed by atoms with E-state index in [1.54, 1.807) is 0 Å². The number of nitrogens with zero attached hydrogens (tertiary/aromatic N) is 1. The Bertz CT molecular complexity index is 499. The minimum Gasteiger partial charge on any atom is -0.375 e. The van der Waals surface area contributed by atoms with Crippen LogP contribution in [0.2, 0.25) is 0 Å². The van der Waals surface area contributed by atoms with Gasteiger partial charge in [0, 0.05) is 19.6 Å². The molecule has 2 aliphatic rings. The van der Waals surface area contributed by atoms with Gasteiger partial charge in [0.15, 0.2) is 0 Å². The van der Waals surface area contributed by atoms with E-state index in [-0.39, 0.29) is 5.91 Å². The first kappa shape index (κ1) is 14.5. The number of morpholine rings is 1. The smallest absolute Gasteiger partial charge is 0.234 e. The van der Waals surface area contributed by atoms with Crippen LogP contribution in [0.3, 0.4) is 0 Å². The fourth-order valence-corrected chi connectivity index (χ4v) is 2.89. The zero-order valence-electron chi connectivity index (χ0n) is 12.7. The number of hydrogen-bond donors (Lipinski definition) is 1. The fourth-order valence-electron chi connectivity index (χ4n) is 2.89. The van der Waals surface area contributed by atoms with Gasteiger partial charge in [-0.05, 0) is 36.8 Å². The minimum atomic E-state index is 0.106. The molecule has 1 aromatic carbocycles. The summed E-state index contributed by atoms with van der Waals surface area (Å²) in [4.78, 5) is 14.3. The average molecular weight is 288 g/mol. The lowest BCUT2D eigenvalue weighted by atomic mass is 10.1. The van der Waals surface area contributed by atoms with Crippen molar-refractivity contribution in [1.29, 1.82) is 0 Å². The number of benzene rings is 1. The van der Waals surface area contributed by atoms with Crippen LogP contribution >= 0.6 is 0 Å². The second-order valence-corrected chi connectivity index (χ2v) is 6.19. The molecule has 4 nitrogen and oxygen atoms in total. The molecule has 21 heavy (non-hydrogen) atoms. The van der Waals surface area contributed by atoms with Crippen molar-refractivity contribution >= 4 is 5.91 Å². The van der Waals surface area contributed by atoms with Crippen molar-refractivity contribution in [3.05, 3.63) is 35.4 Å². The van der Waals surface area contributed by atoms with Crippen molar-refractivity contribution in [2.24, 2.45) is 5.92 Å². The van der Waals surface area contributed by atoms with Crippen molar-refractivity contribution in [3.8, 4) is 0 Å². The summed E-state index contributed by atoms with van der Waals surface area (Å²) in [5.74, 6) is 0.845. The maximum Gasteiger partial charge on any atom is 0.234 e. The summed E-state index contributed by atoms with van der Waals surface area (Å²) in [5.41, 5.74) is 2.40. The van der Waals surface area contributed by atoms with Gasteiger partial charge in [-0.15, -0.1) is 0 Å². The third-order valence-corrected chi connectivity index (χ3v) is 4.43. The van der Waals surface area contributed by atoms with Crippen molar-refractivity contribution in [2.75, 3.05) is 26.2 Å². The molecular weight excluding hydrogens is 264 g/mol. The lowest BCUT2D eigenvalue weighted by molar-refractivity contribution is -0.124. The molecule has 2 fully saturated rings. The van der Waals surface area contributed by atoms with E-state index in [1.165, 1.54) is 24.0 Å². The molecule has 0 bridgehead atoms. The number of ether oxygens (including phenoxy) is 1. The molecule has 3 rings (SSSR count). The number of rotatable bonds is 5. The fraction of sp³-hybridized carbons (Fsp3) is 0.588. The Hall–Kier alpha value is -1.39. The third kappa shape index (κ3) is 4.05. The minimum absolute atomic E-state index is 0.106. The van der Waals surface area contributed by atoms with E-state index in [0.29, 0.717) is 19.2 Å². The summed E-state index contributed by atoms with van der Waals surface area (Å²) in [6.45, 7) is 5.69. The standard InChI is InChI=1S/C17H24N2O2/c1-13-4-2-3-5-15(13)10-18-17(20)12-19-8-9-21-16(11-19)14-6-7-14/h2-5,14,16H,6-12H2,1H3,(H,18,20)/t16-/m1/s1. The Morgan fingerprint density at radius 1 is 1.38 bits per heavy atom. The van der Waals surface area contributed by atoms with Crippen LogP contribution in [-0.2, 0) is 16.1 Å². The molecule has 0 spiro atoms. The lowest BCUT2D eigenvalue weighted by Gasteiger charge is -2.32. The van der Waals surface area contributed by atoms with Gasteiger partial charge >= 0.3 is 0 Å². The quantitative estimate of drug-likeness (QED) is 0.897. The highest BCUT2D eigenvalue weighted by atomic mass is 16.5. The van der Waals surface area contributed by atoms with E-state index >= 15 is 0 Å². The maximum atomic E-state index is 12.1. The topological polar surface area (TPSA) is 41.6 Å². The summed E-state index contributed by atoms with van der Waals surface area (Å²) in [7, 11) is 0. The highest BCUT2D eigenvalue weighted by molar-refractivity contribution is 5.78. The van der Waals surface area contributed by atoms with Crippen LogP contribution in [0, 0.1) is 12.8 Å². The molecule has 0 aromatic heterocycles. The molecule has 1 aliphatic heterocycles. The van der Waals surface area contributed by atoms with Gasteiger partial charge in [-0.2, -0.15) is 0 Å². The number of carbonyl (C=O) groups is 1. The highest BCUT2D eigenvalue weighted by Gasteiger charge is 2.35. The Morgan fingerprint density at radius 3 is 2.95 bits per heavy atom. The van der Waals surface area contributed by atoms with Gasteiger partial charge in [-0.25, -0.2) is 0 Å². The molecule has 1 N–H and O–H groups in total. The molecule has 1 aliphatic carbocycles. The first-order chi connectivity index (χ1) is 10.2. The number of aryl methyl sites for hydroxylation is 1. The van der Waals surface area contributed by atoms with Gasteiger partial charge in [0.1, 0.15) is 0 Å². The van der Waals surface area contributed by atoms with Crippen molar-refractivity contribution < 1.29 is 9.53 Å². The molecule has 114 valence electrons. The molecule has 1 amide bonds. The van der Waals surface area contributed by atoms with Crippen LogP contribution < -0.4 is 5.32 Å². The Morgan fingerprint density at radius 2 is 2.19 bits per heavy atom. The van der Waals surface area contributed by atoms with E-state index in [9.17, 15) is 4.79 Å². The van der Waals surface area contributed by atoms with Crippen LogP contribution in [0.4, 0.5) is 0 Å². The van der Waals surface area contributed by atoms with E-state index in [4.69, 9.17) is 4.74 Å². The molecule has 0 radical (unpaired) electrons. The van der Waals surface area contributed by atoms with Crippen LogP contribution in [0.15, 0.2) is 24.3 Å². The first-order valence-electron chi connectivity index (χ1n) is 7.87. The van der Waals surface area contributed by atoms with E-state index in [2.05, 4.69) is 29.3 Å². The van der Waals surface area contributed by atoms with Crippen LogP contribution in [0.5, 0.6) is 0 Å². The molecular formula is C17H24N2O2. The van der Waals surface area contributed by atoms with Gasteiger partial charge < -0.3 is 10.1 Å². The second kappa shape index (κ2) is 6.58. The predicted molar refractivity (Wildman–Crippen MR) is 81.9 cm³/mol. The molecule has 1 saturated carbocycles. The van der Waals surface area contributed by atoms with Crippen LogP contribution in [0.25, 0.3) is 0 Å². The molecule has 1 saturated heterocycles. The van der Waals surface area contributed by atoms with Crippen LogP contribution in [-0.4, -0.2) is 43.2 Å². The summed E-state index contributed by atoms with van der Waals surface area (Å²) in [6.07, 6.45) is 2.93. The summed E-state index contributed by atoms with van der Waals surface area (Å²) >= 11 is 0. The SMILES string of the molecule is Cc1ccccc1CNC(=O)CN1CCO[C@@H](C2CC2)C1. The predicted octanol–water partition coefficient (Wildman–Crippen LogP) is 1.72. The summed E-state index contributed by atoms with van der Waals surface area (Å²) < 4.78 is 5.79. The van der Waals surface area contributed by atoms with E-state index < -0.39 is 0 Å². The van der Waals surface area contributed by atoms with Gasteiger partial charge in [0.2, 0.25) is 5.91 Å². The zero-order chi connectivity index (χ0) is 14.7. The van der Waals surface area contributed by atoms with Gasteiger partial charge in [-0.3, -0.25) is 9.69 Å². The molecule has 4 heteroatoms. The van der Waals surface area contributed by atoms with E-state index in [0.717, 1.165) is 25.6 Å². The van der Waals surface area contributed by atoms with Crippen LogP contribution in [0.1, 0.15) is 24.0 Å². The largest absolute Gasteiger partial charge is 0.375 e. The molecule has 1 heterocycles. The molecule has 1 atom stereocenters. The van der Waals surface area contributed by atoms with Gasteiger partial charge in [-0.1, -0.05) is 24.3 Å². The Kier molecular flexibility index (Phi) is 4.56. The number of nitrogens with one attached hydrogen (secondary N) is 1. The molecule has 1 aromatic rings. The van der Waals surface area contributed by atoms with Gasteiger partial charge in [0.25, 0.3) is 0 Å². The zero-order valence-corrected chi connectivity index (χ0v) is 12.7. The van der Waals surface area contributed by atoms with Crippen molar-refractivity contribution in [2.45, 2.75) is 32.4 Å². The van der Waals surface area contributed by atoms with Gasteiger partial charge in [0.05, 0.1) is 19.3 Å². The highest BCUT2D eigenvalue weighted by Crippen LogP contribution is 2.35. The monoisotopic (exact) mass is 288 g/mol. The maximum absolute atomic E-state index is 12.1. The average Bonchev–Trinajstić information content (AvgIpc) is 3.31. The molecule has 0 unspecified atom stereocenters. The summed E-state index contributed by atoms with van der Waals surface area (Å²) in [5, 5.41) is 3.03. The normalized spacial score (nSPS) is 23.0. The second-order valence-electron chi connectivity index (χ2n) is 6.19. The number of carbonyl (C=O) groups excluding carboxylic acids is 1. The number of hydrogen-bond acceptors (Lipinski definition) is 3.